The lowest BCUT2D eigenvalue weighted by Gasteiger charge is -2.26. The van der Waals surface area contributed by atoms with E-state index in [0.717, 1.165) is 19.3 Å². The summed E-state index contributed by atoms with van der Waals surface area (Å²) in [4.78, 5) is 24.4. The molecule has 0 aromatic heterocycles. The number of ether oxygens (including phenoxy) is 1. The lowest BCUT2D eigenvalue weighted by atomic mass is 10.2. The molecule has 10 heteroatoms. The number of benzene rings is 2. The molecule has 1 aliphatic heterocycles. The lowest BCUT2D eigenvalue weighted by molar-refractivity contribution is 0.0526. The molecule has 7 nitrogen and oxygen atoms in total. The summed E-state index contributed by atoms with van der Waals surface area (Å²) in [5.41, 5.74) is 0.645. The molecular weight excluding hydrogens is 463 g/mol. The van der Waals surface area contributed by atoms with Crippen molar-refractivity contribution in [1.29, 1.82) is 0 Å². The molecule has 3 rings (SSSR count). The minimum absolute atomic E-state index is 0.0546. The van der Waals surface area contributed by atoms with Crippen molar-refractivity contribution in [3.63, 3.8) is 0 Å². The van der Waals surface area contributed by atoms with Gasteiger partial charge in [-0.05, 0) is 56.2 Å². The Hall–Kier alpha value is -2.13. The molecule has 1 N–H and O–H groups in total. The second-order valence-corrected chi connectivity index (χ2v) is 9.70. The molecule has 0 saturated carbocycles. The van der Waals surface area contributed by atoms with Crippen LogP contribution < -0.4 is 5.32 Å². The number of rotatable bonds is 6. The third-order valence-electron chi connectivity index (χ3n) is 4.85. The number of nitrogens with one attached hydrogen (secondary N) is 1. The summed E-state index contributed by atoms with van der Waals surface area (Å²) in [5, 5.41) is 2.83. The molecule has 1 saturated heterocycles. The zero-order valence-corrected chi connectivity index (χ0v) is 19.2. The fraction of sp³-hybridized carbons (Fsp3) is 0.333. The van der Waals surface area contributed by atoms with Gasteiger partial charge < -0.3 is 10.1 Å². The number of halogens is 2. The lowest BCUT2D eigenvalue weighted by Crippen LogP contribution is -2.35. The van der Waals surface area contributed by atoms with Gasteiger partial charge in [0, 0.05) is 18.7 Å². The second-order valence-electron chi connectivity index (χ2n) is 6.98. The Morgan fingerprint density at radius 1 is 1.00 bits per heavy atom. The number of nitrogens with zero attached hydrogens (tertiary/aromatic N) is 1. The van der Waals surface area contributed by atoms with Crippen LogP contribution in [0.5, 0.6) is 0 Å². The van der Waals surface area contributed by atoms with Crippen molar-refractivity contribution < 1.29 is 22.7 Å². The van der Waals surface area contributed by atoms with Gasteiger partial charge in [-0.1, -0.05) is 29.6 Å². The molecule has 0 spiro atoms. The first kappa shape index (κ1) is 23.5. The van der Waals surface area contributed by atoms with E-state index in [-0.39, 0.29) is 38.4 Å². The van der Waals surface area contributed by atoms with Crippen molar-refractivity contribution in [3.8, 4) is 0 Å². The molecule has 31 heavy (non-hydrogen) atoms. The van der Waals surface area contributed by atoms with Crippen molar-refractivity contribution in [2.75, 3.05) is 25.0 Å². The SMILES string of the molecule is CCOC(=O)c1ccc(NC(=O)c2ccc(Cl)c(S(=O)(=O)N3CCCCC3)c2)c(Cl)c1. The van der Waals surface area contributed by atoms with Crippen LogP contribution in [0.15, 0.2) is 41.3 Å². The van der Waals surface area contributed by atoms with Gasteiger partial charge in [0.15, 0.2) is 0 Å². The highest BCUT2D eigenvalue weighted by Crippen LogP contribution is 2.29. The summed E-state index contributed by atoms with van der Waals surface area (Å²) in [7, 11) is -3.81. The molecule has 166 valence electrons. The van der Waals surface area contributed by atoms with Crippen molar-refractivity contribution in [1.82, 2.24) is 4.31 Å². The maximum Gasteiger partial charge on any atom is 0.338 e. The van der Waals surface area contributed by atoms with E-state index in [2.05, 4.69) is 5.32 Å². The molecule has 2 aromatic carbocycles. The maximum atomic E-state index is 13.0. The number of piperidine rings is 1. The van der Waals surface area contributed by atoms with Crippen LogP contribution in [-0.4, -0.2) is 44.3 Å². The molecule has 0 unspecified atom stereocenters. The summed E-state index contributed by atoms with van der Waals surface area (Å²) in [6.45, 7) is 2.78. The number of esters is 1. The smallest absolute Gasteiger partial charge is 0.338 e. The van der Waals surface area contributed by atoms with Crippen LogP contribution in [0.25, 0.3) is 0 Å². The Labute approximate surface area is 191 Å². The van der Waals surface area contributed by atoms with Gasteiger partial charge in [0.05, 0.1) is 27.9 Å². The predicted octanol–water partition coefficient (Wildman–Crippen LogP) is 4.60. The van der Waals surface area contributed by atoms with Crippen molar-refractivity contribution in [2.45, 2.75) is 31.1 Å². The van der Waals surface area contributed by atoms with Crippen molar-refractivity contribution >= 4 is 50.8 Å². The van der Waals surface area contributed by atoms with Crippen LogP contribution in [0.1, 0.15) is 46.9 Å². The summed E-state index contributed by atoms with van der Waals surface area (Å²) in [6, 6.07) is 8.44. The van der Waals surface area contributed by atoms with Crippen LogP contribution in [-0.2, 0) is 14.8 Å². The van der Waals surface area contributed by atoms with E-state index in [1.54, 1.807) is 6.92 Å². The summed E-state index contributed by atoms with van der Waals surface area (Å²) in [5.74, 6) is -1.08. The number of amides is 1. The molecule has 1 heterocycles. The van der Waals surface area contributed by atoms with Crippen LogP contribution in [0, 0.1) is 0 Å². The van der Waals surface area contributed by atoms with E-state index >= 15 is 0 Å². The first-order chi connectivity index (χ1) is 14.7. The number of anilines is 1. The Morgan fingerprint density at radius 2 is 1.68 bits per heavy atom. The standard InChI is InChI=1S/C21H22Cl2N2O5S/c1-2-30-21(27)15-7-9-18(17(23)12-15)24-20(26)14-6-8-16(22)19(13-14)31(28,29)25-10-4-3-5-11-25/h6-9,12-13H,2-5,10-11H2,1H3,(H,24,26). The molecule has 1 fully saturated rings. The van der Waals surface area contributed by atoms with Gasteiger partial charge in [-0.2, -0.15) is 4.31 Å². The predicted molar refractivity (Wildman–Crippen MR) is 119 cm³/mol. The number of hydrogen-bond donors (Lipinski definition) is 1. The van der Waals surface area contributed by atoms with Gasteiger partial charge in [-0.3, -0.25) is 4.79 Å². The molecule has 1 amide bonds. The Morgan fingerprint density at radius 3 is 2.32 bits per heavy atom. The first-order valence-corrected chi connectivity index (χ1v) is 12.0. The van der Waals surface area contributed by atoms with E-state index in [1.807, 2.05) is 0 Å². The fourth-order valence-electron chi connectivity index (χ4n) is 3.24. The highest BCUT2D eigenvalue weighted by molar-refractivity contribution is 7.89. The summed E-state index contributed by atoms with van der Waals surface area (Å²) in [6.07, 6.45) is 2.56. The Bertz CT molecular complexity index is 1100. The van der Waals surface area contributed by atoms with E-state index in [9.17, 15) is 18.0 Å². The molecular formula is C21H22Cl2N2O5S. The Balaban J connectivity index is 1.83. The minimum Gasteiger partial charge on any atom is -0.462 e. The number of hydrogen-bond acceptors (Lipinski definition) is 5. The molecule has 2 aromatic rings. The van der Waals surface area contributed by atoms with Gasteiger partial charge in [-0.25, -0.2) is 13.2 Å². The maximum absolute atomic E-state index is 13.0. The van der Waals surface area contributed by atoms with Crippen LogP contribution >= 0.6 is 23.2 Å². The van der Waals surface area contributed by atoms with Crippen LogP contribution in [0.4, 0.5) is 5.69 Å². The highest BCUT2D eigenvalue weighted by atomic mass is 35.5. The van der Waals surface area contributed by atoms with E-state index in [0.29, 0.717) is 13.1 Å². The normalized spacial score (nSPS) is 14.8. The Kier molecular flexibility index (Phi) is 7.59. The fourth-order valence-corrected chi connectivity index (χ4v) is 5.48. The molecule has 0 bridgehead atoms. The topological polar surface area (TPSA) is 92.8 Å². The average Bonchev–Trinajstić information content (AvgIpc) is 2.76. The van der Waals surface area contributed by atoms with Crippen LogP contribution in [0.2, 0.25) is 10.0 Å². The number of carbonyl (C=O) groups is 2. The van der Waals surface area contributed by atoms with Gasteiger partial charge in [0.25, 0.3) is 5.91 Å². The largest absolute Gasteiger partial charge is 0.462 e. The third-order valence-corrected chi connectivity index (χ3v) is 7.55. The highest BCUT2D eigenvalue weighted by Gasteiger charge is 2.29. The molecule has 0 radical (unpaired) electrons. The monoisotopic (exact) mass is 484 g/mol. The summed E-state index contributed by atoms with van der Waals surface area (Å²) < 4.78 is 32.3. The van der Waals surface area contributed by atoms with Gasteiger partial charge in [0.1, 0.15) is 4.90 Å². The third kappa shape index (κ3) is 5.38. The van der Waals surface area contributed by atoms with Gasteiger partial charge in [-0.15, -0.1) is 0 Å². The van der Waals surface area contributed by atoms with E-state index in [1.165, 1.54) is 40.7 Å². The number of sulfonamides is 1. The first-order valence-electron chi connectivity index (χ1n) is 9.81. The summed E-state index contributed by atoms with van der Waals surface area (Å²) >= 11 is 12.4. The molecule has 0 atom stereocenters. The van der Waals surface area contributed by atoms with Gasteiger partial charge in [0.2, 0.25) is 10.0 Å². The zero-order valence-electron chi connectivity index (χ0n) is 16.9. The van der Waals surface area contributed by atoms with Crippen LogP contribution in [0.3, 0.4) is 0 Å². The zero-order chi connectivity index (χ0) is 22.6. The van der Waals surface area contributed by atoms with Crippen molar-refractivity contribution in [3.05, 3.63) is 57.6 Å². The van der Waals surface area contributed by atoms with Crippen molar-refractivity contribution in [2.24, 2.45) is 0 Å². The molecule has 0 aliphatic carbocycles. The van der Waals surface area contributed by atoms with E-state index < -0.39 is 21.9 Å². The number of carbonyl (C=O) groups excluding carboxylic acids is 2. The minimum atomic E-state index is -3.81. The van der Waals surface area contributed by atoms with Gasteiger partial charge >= 0.3 is 5.97 Å². The average molecular weight is 485 g/mol. The second kappa shape index (κ2) is 9.99. The quantitative estimate of drug-likeness (QED) is 0.604. The van der Waals surface area contributed by atoms with E-state index in [4.69, 9.17) is 27.9 Å². The molecule has 1 aliphatic rings.